The molecule has 2 aromatic carbocycles. The predicted molar refractivity (Wildman–Crippen MR) is 117 cm³/mol. The van der Waals surface area contributed by atoms with Crippen LogP contribution < -0.4 is 4.74 Å². The molecule has 0 aliphatic rings. The van der Waals surface area contributed by atoms with Gasteiger partial charge in [0.05, 0.1) is 24.1 Å². The summed E-state index contributed by atoms with van der Waals surface area (Å²) in [5, 5.41) is 12.2. The van der Waals surface area contributed by atoms with Crippen molar-refractivity contribution < 1.29 is 4.74 Å². The molecule has 0 saturated heterocycles. The highest BCUT2D eigenvalue weighted by Gasteiger charge is 2.13. The fourth-order valence-corrected chi connectivity index (χ4v) is 4.93. The summed E-state index contributed by atoms with van der Waals surface area (Å²) in [6, 6.07) is 14.2. The van der Waals surface area contributed by atoms with Crippen molar-refractivity contribution in [2.75, 3.05) is 7.11 Å². The molecular weight excluding hydrogens is 456 g/mol. The normalized spacial score (nSPS) is 11.0. The Balaban J connectivity index is 1.54. The Bertz CT molecular complexity index is 1110. The van der Waals surface area contributed by atoms with Gasteiger partial charge in [0, 0.05) is 15.6 Å². The molecule has 0 spiro atoms. The summed E-state index contributed by atoms with van der Waals surface area (Å²) in [4.78, 5) is 4.79. The molecule has 0 saturated carbocycles. The van der Waals surface area contributed by atoms with Crippen molar-refractivity contribution in [2.24, 2.45) is 0 Å². The van der Waals surface area contributed by atoms with E-state index in [1.165, 1.54) is 5.56 Å². The minimum Gasteiger partial charge on any atom is -0.496 e. The lowest BCUT2D eigenvalue weighted by atomic mass is 10.2. The van der Waals surface area contributed by atoms with Gasteiger partial charge in [0.15, 0.2) is 5.16 Å². The van der Waals surface area contributed by atoms with E-state index in [1.54, 1.807) is 36.5 Å². The van der Waals surface area contributed by atoms with Gasteiger partial charge in [0.2, 0.25) is 0 Å². The van der Waals surface area contributed by atoms with Gasteiger partial charge in [0.25, 0.3) is 0 Å². The largest absolute Gasteiger partial charge is 0.496 e. The highest BCUT2D eigenvalue weighted by Crippen LogP contribution is 2.35. The lowest BCUT2D eigenvalue weighted by Crippen LogP contribution is -1.97. The lowest BCUT2D eigenvalue weighted by Gasteiger charge is -2.08. The van der Waals surface area contributed by atoms with E-state index in [1.807, 2.05) is 34.9 Å². The molecule has 5 nitrogen and oxygen atoms in total. The van der Waals surface area contributed by atoms with E-state index in [4.69, 9.17) is 9.72 Å². The van der Waals surface area contributed by atoms with Gasteiger partial charge in [-0.3, -0.25) is 4.57 Å². The minimum atomic E-state index is 0.720. The number of nitrogens with zero attached hydrogens (tertiary/aromatic N) is 4. The van der Waals surface area contributed by atoms with Crippen LogP contribution in [0.5, 0.6) is 5.75 Å². The van der Waals surface area contributed by atoms with Crippen LogP contribution >= 0.6 is 39.0 Å². The number of ether oxygens (including phenoxy) is 1. The van der Waals surface area contributed by atoms with Crippen LogP contribution in [0.3, 0.4) is 0 Å². The Morgan fingerprint density at radius 3 is 2.89 bits per heavy atom. The number of halogens is 1. The van der Waals surface area contributed by atoms with Crippen LogP contribution in [0.4, 0.5) is 0 Å². The van der Waals surface area contributed by atoms with Gasteiger partial charge in [-0.2, -0.15) is 0 Å². The quantitative estimate of drug-likeness (QED) is 0.333. The monoisotopic (exact) mass is 472 g/mol. The second-order valence-corrected chi connectivity index (χ2v) is 8.76. The van der Waals surface area contributed by atoms with Gasteiger partial charge in [-0.1, -0.05) is 45.9 Å². The van der Waals surface area contributed by atoms with Gasteiger partial charge >= 0.3 is 0 Å². The Kier molecular flexibility index (Phi) is 5.79. The highest BCUT2D eigenvalue weighted by molar-refractivity contribution is 9.10. The van der Waals surface area contributed by atoms with E-state index in [0.717, 1.165) is 43.1 Å². The summed E-state index contributed by atoms with van der Waals surface area (Å²) < 4.78 is 8.50. The van der Waals surface area contributed by atoms with Gasteiger partial charge in [-0.15, -0.1) is 21.5 Å². The molecule has 4 aromatic rings. The van der Waals surface area contributed by atoms with Gasteiger partial charge < -0.3 is 4.74 Å². The highest BCUT2D eigenvalue weighted by atomic mass is 79.9. The summed E-state index contributed by atoms with van der Waals surface area (Å²) in [5.74, 6) is 1.54. The molecule has 0 fully saturated rings. The average Bonchev–Trinajstić information content (AvgIpc) is 3.36. The van der Waals surface area contributed by atoms with Crippen molar-refractivity contribution in [2.45, 2.75) is 17.8 Å². The molecule has 2 heterocycles. The molecule has 8 heteroatoms. The minimum absolute atomic E-state index is 0.720. The molecule has 0 atom stereocenters. The SMILES string of the molecule is COc1ccc(Br)cc1-c1nc(CSc2nncn2-c2ccccc2C)cs1. The van der Waals surface area contributed by atoms with Crippen molar-refractivity contribution in [3.8, 4) is 22.0 Å². The first-order valence-electron chi connectivity index (χ1n) is 8.53. The number of methoxy groups -OCH3 is 1. The van der Waals surface area contributed by atoms with Crippen LogP contribution in [0.25, 0.3) is 16.3 Å². The molecule has 0 aliphatic carbocycles. The van der Waals surface area contributed by atoms with Crippen LogP contribution in [0.2, 0.25) is 0 Å². The second kappa shape index (κ2) is 8.46. The van der Waals surface area contributed by atoms with Crippen LogP contribution in [0.1, 0.15) is 11.3 Å². The number of para-hydroxylation sites is 1. The zero-order chi connectivity index (χ0) is 19.5. The van der Waals surface area contributed by atoms with Gasteiger partial charge in [-0.25, -0.2) is 4.98 Å². The molecule has 2 aromatic heterocycles. The van der Waals surface area contributed by atoms with Crippen molar-refractivity contribution in [1.29, 1.82) is 0 Å². The number of thiazole rings is 1. The van der Waals surface area contributed by atoms with E-state index in [2.05, 4.69) is 50.6 Å². The van der Waals surface area contributed by atoms with E-state index in [0.29, 0.717) is 0 Å². The standard InChI is InChI=1S/C20H17BrN4OS2/c1-13-5-3-4-6-17(13)25-12-22-24-20(25)28-11-15-10-27-19(23-15)16-9-14(21)7-8-18(16)26-2/h3-10,12H,11H2,1-2H3. The molecule has 4 rings (SSSR count). The molecule has 0 N–H and O–H groups in total. The molecule has 0 amide bonds. The zero-order valence-electron chi connectivity index (χ0n) is 15.3. The van der Waals surface area contributed by atoms with Gasteiger partial charge in [0.1, 0.15) is 17.1 Å². The molecule has 28 heavy (non-hydrogen) atoms. The van der Waals surface area contributed by atoms with Crippen molar-refractivity contribution >= 4 is 39.0 Å². The Morgan fingerprint density at radius 1 is 1.21 bits per heavy atom. The maximum absolute atomic E-state index is 5.48. The number of hydrogen-bond acceptors (Lipinski definition) is 6. The molecular formula is C20H17BrN4OS2. The van der Waals surface area contributed by atoms with E-state index in [-0.39, 0.29) is 0 Å². The van der Waals surface area contributed by atoms with E-state index < -0.39 is 0 Å². The second-order valence-electron chi connectivity index (χ2n) is 6.05. The fraction of sp³-hybridized carbons (Fsp3) is 0.150. The summed E-state index contributed by atoms with van der Waals surface area (Å²) in [6.07, 6.45) is 1.75. The molecule has 0 unspecified atom stereocenters. The third kappa shape index (κ3) is 3.99. The van der Waals surface area contributed by atoms with E-state index in [9.17, 15) is 0 Å². The van der Waals surface area contributed by atoms with Gasteiger partial charge in [-0.05, 0) is 36.8 Å². The molecule has 0 aliphatic heterocycles. The van der Waals surface area contributed by atoms with Crippen molar-refractivity contribution in [1.82, 2.24) is 19.7 Å². The number of thioether (sulfide) groups is 1. The van der Waals surface area contributed by atoms with Crippen molar-refractivity contribution in [3.63, 3.8) is 0 Å². The third-order valence-corrected chi connectivity index (χ3v) is 6.58. The summed E-state index contributed by atoms with van der Waals surface area (Å²) >= 11 is 6.76. The summed E-state index contributed by atoms with van der Waals surface area (Å²) in [7, 11) is 1.68. The Hall–Kier alpha value is -2.16. The summed E-state index contributed by atoms with van der Waals surface area (Å²) in [5.41, 5.74) is 4.27. The third-order valence-electron chi connectivity index (χ3n) is 4.18. The first-order valence-corrected chi connectivity index (χ1v) is 11.2. The lowest BCUT2D eigenvalue weighted by molar-refractivity contribution is 0.416. The number of hydrogen-bond donors (Lipinski definition) is 0. The molecule has 0 radical (unpaired) electrons. The van der Waals surface area contributed by atoms with Crippen LogP contribution in [-0.2, 0) is 5.75 Å². The fourth-order valence-electron chi connectivity index (χ4n) is 2.80. The average molecular weight is 473 g/mol. The zero-order valence-corrected chi connectivity index (χ0v) is 18.5. The maximum Gasteiger partial charge on any atom is 0.196 e. The maximum atomic E-state index is 5.48. The summed E-state index contributed by atoms with van der Waals surface area (Å²) in [6.45, 7) is 2.09. The first-order chi connectivity index (χ1) is 13.7. The number of rotatable bonds is 6. The molecule has 0 bridgehead atoms. The van der Waals surface area contributed by atoms with Crippen molar-refractivity contribution in [3.05, 3.63) is 69.9 Å². The molecule has 142 valence electrons. The topological polar surface area (TPSA) is 52.8 Å². The van der Waals surface area contributed by atoms with E-state index >= 15 is 0 Å². The number of benzene rings is 2. The van der Waals surface area contributed by atoms with Crippen LogP contribution in [0.15, 0.2) is 63.8 Å². The smallest absolute Gasteiger partial charge is 0.196 e. The van der Waals surface area contributed by atoms with Crippen LogP contribution in [-0.4, -0.2) is 26.9 Å². The van der Waals surface area contributed by atoms with Crippen LogP contribution in [0, 0.1) is 6.92 Å². The Morgan fingerprint density at radius 2 is 2.07 bits per heavy atom. The first kappa shape index (κ1) is 19.2. The Labute approximate surface area is 179 Å². The number of aromatic nitrogens is 4. The predicted octanol–water partition coefficient (Wildman–Crippen LogP) is 5.76. The number of aryl methyl sites for hydroxylation is 1.